The molecule has 0 spiro atoms. The molecule has 4 heteroatoms. The van der Waals surface area contributed by atoms with Crippen LogP contribution in [-0.2, 0) is 16.0 Å². The molecule has 0 unspecified atom stereocenters. The average molecular weight is 247 g/mol. The molecule has 18 heavy (non-hydrogen) atoms. The lowest BCUT2D eigenvalue weighted by Crippen LogP contribution is -2.14. The summed E-state index contributed by atoms with van der Waals surface area (Å²) in [5.41, 5.74) is 1.07. The van der Waals surface area contributed by atoms with Gasteiger partial charge in [0.2, 0.25) is 0 Å². The molecule has 1 atom stereocenters. The zero-order valence-electron chi connectivity index (χ0n) is 10.7. The minimum atomic E-state index is -0.316. The van der Waals surface area contributed by atoms with Gasteiger partial charge >= 0.3 is 5.97 Å². The highest BCUT2D eigenvalue weighted by atomic mass is 16.5. The van der Waals surface area contributed by atoms with Crippen LogP contribution in [0.5, 0.6) is 5.75 Å². The van der Waals surface area contributed by atoms with Gasteiger partial charge in [-0.15, -0.1) is 0 Å². The van der Waals surface area contributed by atoms with Gasteiger partial charge in [-0.1, -0.05) is 12.1 Å². The lowest BCUT2D eigenvalue weighted by molar-refractivity contribution is -0.142. The molecule has 4 nitrogen and oxygen atoms in total. The quantitative estimate of drug-likeness (QED) is 0.724. The van der Waals surface area contributed by atoms with Crippen molar-refractivity contribution in [1.29, 1.82) is 5.26 Å². The maximum atomic E-state index is 10.8. The van der Waals surface area contributed by atoms with E-state index in [0.29, 0.717) is 12.8 Å². The molecule has 0 radical (unpaired) electrons. The van der Waals surface area contributed by atoms with Crippen molar-refractivity contribution < 1.29 is 14.3 Å². The Labute approximate surface area is 107 Å². The SMILES string of the molecule is COc1cccc(C[C@@H](CC#N)COC(C)=O)c1. The topological polar surface area (TPSA) is 59.3 Å². The van der Waals surface area contributed by atoms with E-state index >= 15 is 0 Å². The number of hydrogen-bond acceptors (Lipinski definition) is 4. The number of hydrogen-bond donors (Lipinski definition) is 0. The molecule has 0 aliphatic carbocycles. The molecule has 96 valence electrons. The summed E-state index contributed by atoms with van der Waals surface area (Å²) in [7, 11) is 1.62. The van der Waals surface area contributed by atoms with E-state index in [1.807, 2.05) is 24.3 Å². The minimum Gasteiger partial charge on any atom is -0.497 e. The third kappa shape index (κ3) is 4.88. The number of carbonyl (C=O) groups excluding carboxylic acids is 1. The van der Waals surface area contributed by atoms with Crippen LogP contribution in [0.3, 0.4) is 0 Å². The van der Waals surface area contributed by atoms with Gasteiger partial charge < -0.3 is 9.47 Å². The van der Waals surface area contributed by atoms with Crippen LogP contribution in [0.2, 0.25) is 0 Å². The predicted octanol–water partition coefficient (Wildman–Crippen LogP) is 2.33. The van der Waals surface area contributed by atoms with E-state index in [-0.39, 0.29) is 18.5 Å². The van der Waals surface area contributed by atoms with Crippen molar-refractivity contribution in [3.8, 4) is 11.8 Å². The molecule has 0 aliphatic heterocycles. The first-order valence-corrected chi connectivity index (χ1v) is 5.79. The molecule has 0 amide bonds. The molecular weight excluding hydrogens is 230 g/mol. The standard InChI is InChI=1S/C14H17NO3/c1-11(16)18-10-13(6-7-15)8-12-4-3-5-14(9-12)17-2/h3-5,9,13H,6,8,10H2,1-2H3/t13-/m1/s1. The maximum absolute atomic E-state index is 10.8. The van der Waals surface area contributed by atoms with Crippen LogP contribution >= 0.6 is 0 Å². The van der Waals surface area contributed by atoms with Crippen LogP contribution in [0.25, 0.3) is 0 Å². The molecule has 1 aromatic rings. The van der Waals surface area contributed by atoms with Gasteiger partial charge in [-0.25, -0.2) is 0 Å². The number of carbonyl (C=O) groups is 1. The first-order chi connectivity index (χ1) is 8.65. The molecule has 0 saturated carbocycles. The normalized spacial score (nSPS) is 11.4. The number of methoxy groups -OCH3 is 1. The van der Waals surface area contributed by atoms with Crippen molar-refractivity contribution in [2.75, 3.05) is 13.7 Å². The van der Waals surface area contributed by atoms with Gasteiger partial charge in [0.15, 0.2) is 0 Å². The fourth-order valence-corrected chi connectivity index (χ4v) is 1.69. The number of esters is 1. The molecule has 0 heterocycles. The van der Waals surface area contributed by atoms with Crippen LogP contribution in [0.1, 0.15) is 18.9 Å². The molecule has 0 saturated heterocycles. The first kappa shape index (κ1) is 14.0. The van der Waals surface area contributed by atoms with Crippen LogP contribution in [-0.4, -0.2) is 19.7 Å². The summed E-state index contributed by atoms with van der Waals surface area (Å²) in [6.07, 6.45) is 1.06. The monoisotopic (exact) mass is 247 g/mol. The third-order valence-corrected chi connectivity index (χ3v) is 2.56. The number of rotatable bonds is 6. The van der Waals surface area contributed by atoms with Crippen LogP contribution in [0, 0.1) is 17.2 Å². The Morgan fingerprint density at radius 2 is 2.28 bits per heavy atom. The summed E-state index contributed by atoms with van der Waals surface area (Å²) < 4.78 is 10.1. The van der Waals surface area contributed by atoms with Crippen molar-refractivity contribution in [2.24, 2.45) is 5.92 Å². The Morgan fingerprint density at radius 1 is 1.50 bits per heavy atom. The number of nitrogens with zero attached hydrogens (tertiary/aromatic N) is 1. The summed E-state index contributed by atoms with van der Waals surface area (Å²) >= 11 is 0. The molecule has 0 N–H and O–H groups in total. The molecule has 0 bridgehead atoms. The highest BCUT2D eigenvalue weighted by Crippen LogP contribution is 2.17. The minimum absolute atomic E-state index is 0.0195. The van der Waals surface area contributed by atoms with Crippen molar-refractivity contribution in [2.45, 2.75) is 19.8 Å². The predicted molar refractivity (Wildman–Crippen MR) is 67.1 cm³/mol. The van der Waals surface area contributed by atoms with Crippen LogP contribution in [0.15, 0.2) is 24.3 Å². The Balaban J connectivity index is 2.64. The van der Waals surface area contributed by atoms with Gasteiger partial charge in [-0.05, 0) is 24.1 Å². The number of benzene rings is 1. The van der Waals surface area contributed by atoms with E-state index in [9.17, 15) is 4.79 Å². The second kappa shape index (κ2) is 7.33. The summed E-state index contributed by atoms with van der Waals surface area (Å²) in [6, 6.07) is 9.80. The van der Waals surface area contributed by atoms with Crippen molar-refractivity contribution in [3.63, 3.8) is 0 Å². The van der Waals surface area contributed by atoms with Gasteiger partial charge in [0, 0.05) is 19.3 Å². The van der Waals surface area contributed by atoms with Crippen LogP contribution in [0.4, 0.5) is 0 Å². The first-order valence-electron chi connectivity index (χ1n) is 5.79. The van der Waals surface area contributed by atoms with Gasteiger partial charge in [0.1, 0.15) is 5.75 Å². The molecule has 0 aromatic heterocycles. The largest absolute Gasteiger partial charge is 0.497 e. The van der Waals surface area contributed by atoms with Crippen LogP contribution < -0.4 is 4.74 Å². The Bertz CT molecular complexity index is 437. The molecule has 0 aliphatic rings. The average Bonchev–Trinajstić information content (AvgIpc) is 2.36. The van der Waals surface area contributed by atoms with E-state index in [1.165, 1.54) is 6.92 Å². The van der Waals surface area contributed by atoms with Gasteiger partial charge in [0.25, 0.3) is 0 Å². The lowest BCUT2D eigenvalue weighted by atomic mass is 9.97. The van der Waals surface area contributed by atoms with E-state index in [1.54, 1.807) is 7.11 Å². The second-order valence-electron chi connectivity index (χ2n) is 4.09. The van der Waals surface area contributed by atoms with Gasteiger partial charge in [0.05, 0.1) is 19.8 Å². The Hall–Kier alpha value is -2.02. The summed E-state index contributed by atoms with van der Waals surface area (Å²) in [6.45, 7) is 1.65. The molecule has 0 fully saturated rings. The Morgan fingerprint density at radius 3 is 2.89 bits per heavy atom. The summed E-state index contributed by atoms with van der Waals surface area (Å²) in [5, 5.41) is 8.77. The number of nitriles is 1. The zero-order chi connectivity index (χ0) is 13.4. The fourth-order valence-electron chi connectivity index (χ4n) is 1.69. The summed E-state index contributed by atoms with van der Waals surface area (Å²) in [5.74, 6) is 0.491. The molecular formula is C14H17NO3. The van der Waals surface area contributed by atoms with Crippen molar-refractivity contribution >= 4 is 5.97 Å². The zero-order valence-corrected chi connectivity index (χ0v) is 10.7. The lowest BCUT2D eigenvalue weighted by Gasteiger charge is -2.13. The highest BCUT2D eigenvalue weighted by Gasteiger charge is 2.12. The second-order valence-corrected chi connectivity index (χ2v) is 4.09. The third-order valence-electron chi connectivity index (χ3n) is 2.56. The molecule has 1 rings (SSSR count). The van der Waals surface area contributed by atoms with E-state index in [2.05, 4.69) is 6.07 Å². The van der Waals surface area contributed by atoms with E-state index in [4.69, 9.17) is 14.7 Å². The summed E-state index contributed by atoms with van der Waals surface area (Å²) in [4.78, 5) is 10.8. The fraction of sp³-hybridized carbons (Fsp3) is 0.429. The Kier molecular flexibility index (Phi) is 5.72. The highest BCUT2D eigenvalue weighted by molar-refractivity contribution is 5.65. The molecule has 1 aromatic carbocycles. The van der Waals surface area contributed by atoms with E-state index in [0.717, 1.165) is 11.3 Å². The van der Waals surface area contributed by atoms with Crippen molar-refractivity contribution in [1.82, 2.24) is 0 Å². The smallest absolute Gasteiger partial charge is 0.302 e. The van der Waals surface area contributed by atoms with E-state index < -0.39 is 0 Å². The van der Waals surface area contributed by atoms with Gasteiger partial charge in [-0.2, -0.15) is 5.26 Å². The van der Waals surface area contributed by atoms with Gasteiger partial charge in [-0.3, -0.25) is 4.79 Å². The maximum Gasteiger partial charge on any atom is 0.302 e. The number of ether oxygens (including phenoxy) is 2. The van der Waals surface area contributed by atoms with Crippen molar-refractivity contribution in [3.05, 3.63) is 29.8 Å².